The van der Waals surface area contributed by atoms with Gasteiger partial charge in [0.25, 0.3) is 0 Å². The molecule has 1 N–H and O–H groups in total. The third-order valence-corrected chi connectivity index (χ3v) is 6.43. The maximum atomic E-state index is 12.8. The van der Waals surface area contributed by atoms with Crippen LogP contribution >= 0.6 is 11.3 Å². The Balaban J connectivity index is 1.43. The van der Waals surface area contributed by atoms with Crippen LogP contribution in [-0.4, -0.2) is 33.9 Å². The van der Waals surface area contributed by atoms with E-state index in [1.54, 1.807) is 23.7 Å². The Bertz CT molecular complexity index is 950. The molecule has 1 aliphatic heterocycles. The molecule has 0 bridgehead atoms. The number of hydrogen-bond donors (Lipinski definition) is 1. The van der Waals surface area contributed by atoms with Crippen LogP contribution in [0.25, 0.3) is 11.3 Å². The summed E-state index contributed by atoms with van der Waals surface area (Å²) in [5, 5.41) is 3.76. The van der Waals surface area contributed by atoms with Crippen molar-refractivity contribution >= 4 is 28.3 Å². The molecule has 7 heteroatoms. The molecular formula is C22H25N5OS. The monoisotopic (exact) mass is 407 g/mol. The molecule has 1 saturated heterocycles. The summed E-state index contributed by atoms with van der Waals surface area (Å²) >= 11 is 1.58. The van der Waals surface area contributed by atoms with Crippen molar-refractivity contribution < 1.29 is 4.79 Å². The van der Waals surface area contributed by atoms with Crippen LogP contribution in [-0.2, 0) is 4.79 Å². The number of rotatable bonds is 5. The lowest BCUT2D eigenvalue weighted by atomic mass is 9.96. The van der Waals surface area contributed by atoms with Gasteiger partial charge in [-0.05, 0) is 24.8 Å². The van der Waals surface area contributed by atoms with Crippen molar-refractivity contribution in [3.8, 4) is 11.3 Å². The molecule has 3 heterocycles. The molecule has 1 fully saturated rings. The number of hydrogen-bond acceptors (Lipinski definition) is 6. The van der Waals surface area contributed by atoms with E-state index in [2.05, 4.69) is 46.2 Å². The molecule has 1 aromatic carbocycles. The SMILES string of the molecule is CC(C)c1sc(NC(=O)C2CCN(c3ncccn3)CC2)nc1-c1ccccc1. The first kappa shape index (κ1) is 19.5. The fourth-order valence-corrected chi connectivity index (χ4v) is 4.58. The zero-order valence-electron chi connectivity index (χ0n) is 16.7. The number of thiazole rings is 1. The molecule has 4 rings (SSSR count). The third-order valence-electron chi connectivity index (χ3n) is 5.16. The lowest BCUT2D eigenvalue weighted by Crippen LogP contribution is -2.38. The number of amides is 1. The van der Waals surface area contributed by atoms with Crippen molar-refractivity contribution in [3.63, 3.8) is 0 Å². The van der Waals surface area contributed by atoms with E-state index in [4.69, 9.17) is 4.98 Å². The van der Waals surface area contributed by atoms with Gasteiger partial charge in [0, 0.05) is 41.8 Å². The number of piperidine rings is 1. The maximum absolute atomic E-state index is 12.8. The number of benzene rings is 1. The van der Waals surface area contributed by atoms with Gasteiger partial charge < -0.3 is 10.2 Å². The van der Waals surface area contributed by atoms with Crippen LogP contribution in [0, 0.1) is 5.92 Å². The third kappa shape index (κ3) is 4.45. The molecule has 2 aromatic heterocycles. The summed E-state index contributed by atoms with van der Waals surface area (Å²) in [5.74, 6) is 1.13. The molecule has 1 aliphatic rings. The second kappa shape index (κ2) is 8.69. The molecule has 150 valence electrons. The first-order valence-electron chi connectivity index (χ1n) is 10.0. The molecule has 29 heavy (non-hydrogen) atoms. The van der Waals surface area contributed by atoms with Crippen molar-refractivity contribution in [2.75, 3.05) is 23.3 Å². The number of carbonyl (C=O) groups is 1. The van der Waals surface area contributed by atoms with E-state index in [-0.39, 0.29) is 11.8 Å². The fraction of sp³-hybridized carbons (Fsp3) is 0.364. The lowest BCUT2D eigenvalue weighted by molar-refractivity contribution is -0.120. The summed E-state index contributed by atoms with van der Waals surface area (Å²) in [7, 11) is 0. The number of carbonyl (C=O) groups excluding carboxylic acids is 1. The average molecular weight is 408 g/mol. The first-order valence-corrected chi connectivity index (χ1v) is 10.8. The second-order valence-electron chi connectivity index (χ2n) is 7.55. The van der Waals surface area contributed by atoms with Gasteiger partial charge in [0.05, 0.1) is 5.69 Å². The van der Waals surface area contributed by atoms with Gasteiger partial charge in [-0.2, -0.15) is 0 Å². The standard InChI is InChI=1S/C22H25N5OS/c1-15(2)19-18(16-7-4-3-5-8-16)25-22(29-19)26-20(28)17-9-13-27(14-10-17)21-23-11-6-12-24-21/h3-8,11-12,15,17H,9-10,13-14H2,1-2H3,(H,25,26,28). The van der Waals surface area contributed by atoms with Gasteiger partial charge >= 0.3 is 0 Å². The first-order chi connectivity index (χ1) is 14.1. The van der Waals surface area contributed by atoms with Crippen LogP contribution in [0.15, 0.2) is 48.8 Å². The van der Waals surface area contributed by atoms with Crippen molar-refractivity contribution in [3.05, 3.63) is 53.7 Å². The van der Waals surface area contributed by atoms with E-state index < -0.39 is 0 Å². The minimum atomic E-state index is -0.0125. The van der Waals surface area contributed by atoms with Gasteiger partial charge in [0.1, 0.15) is 0 Å². The average Bonchev–Trinajstić information content (AvgIpc) is 3.19. The molecule has 0 aliphatic carbocycles. The minimum Gasteiger partial charge on any atom is -0.341 e. The Morgan fingerprint density at radius 2 is 1.79 bits per heavy atom. The molecule has 0 unspecified atom stereocenters. The summed E-state index contributed by atoms with van der Waals surface area (Å²) in [6.45, 7) is 5.89. The molecule has 0 radical (unpaired) electrons. The molecular weight excluding hydrogens is 382 g/mol. The van der Waals surface area contributed by atoms with Crippen LogP contribution in [0.1, 0.15) is 37.5 Å². The van der Waals surface area contributed by atoms with Crippen LogP contribution < -0.4 is 10.2 Å². The van der Waals surface area contributed by atoms with Gasteiger partial charge in [0.2, 0.25) is 11.9 Å². The van der Waals surface area contributed by atoms with Crippen molar-refractivity contribution in [2.45, 2.75) is 32.6 Å². The van der Waals surface area contributed by atoms with Crippen molar-refractivity contribution in [1.29, 1.82) is 0 Å². The van der Waals surface area contributed by atoms with E-state index >= 15 is 0 Å². The normalized spacial score (nSPS) is 14.9. The van der Waals surface area contributed by atoms with E-state index in [9.17, 15) is 4.79 Å². The van der Waals surface area contributed by atoms with Crippen LogP contribution in [0.5, 0.6) is 0 Å². The predicted molar refractivity (Wildman–Crippen MR) is 117 cm³/mol. The van der Waals surface area contributed by atoms with E-state index in [1.165, 1.54) is 4.88 Å². The molecule has 3 aromatic rings. The van der Waals surface area contributed by atoms with Gasteiger partial charge in [0.15, 0.2) is 5.13 Å². The zero-order chi connectivity index (χ0) is 20.2. The Morgan fingerprint density at radius 3 is 2.45 bits per heavy atom. The van der Waals surface area contributed by atoms with Crippen LogP contribution in [0.3, 0.4) is 0 Å². The molecule has 0 spiro atoms. The van der Waals surface area contributed by atoms with Gasteiger partial charge in [-0.15, -0.1) is 11.3 Å². The summed E-state index contributed by atoms with van der Waals surface area (Å²) in [5.41, 5.74) is 2.06. The fourth-order valence-electron chi connectivity index (χ4n) is 3.58. The Morgan fingerprint density at radius 1 is 1.10 bits per heavy atom. The summed E-state index contributed by atoms with van der Waals surface area (Å²) in [4.78, 5) is 29.5. The van der Waals surface area contributed by atoms with Crippen molar-refractivity contribution in [1.82, 2.24) is 15.0 Å². The van der Waals surface area contributed by atoms with Gasteiger partial charge in [-0.25, -0.2) is 15.0 Å². The Labute approximate surface area is 175 Å². The van der Waals surface area contributed by atoms with Crippen LogP contribution in [0.2, 0.25) is 0 Å². The second-order valence-corrected chi connectivity index (χ2v) is 8.58. The maximum Gasteiger partial charge on any atom is 0.229 e. The number of nitrogens with zero attached hydrogens (tertiary/aromatic N) is 4. The molecule has 0 atom stereocenters. The Kier molecular flexibility index (Phi) is 5.85. The van der Waals surface area contributed by atoms with Gasteiger partial charge in [-0.1, -0.05) is 44.2 Å². The predicted octanol–water partition coefficient (Wildman–Crippen LogP) is 4.58. The van der Waals surface area contributed by atoms with E-state index in [0.717, 1.165) is 43.1 Å². The quantitative estimate of drug-likeness (QED) is 0.670. The highest BCUT2D eigenvalue weighted by atomic mass is 32.1. The van der Waals surface area contributed by atoms with E-state index in [0.29, 0.717) is 11.0 Å². The number of anilines is 2. The summed E-state index contributed by atoms with van der Waals surface area (Å²) in [6, 6.07) is 12.0. The largest absolute Gasteiger partial charge is 0.341 e. The highest BCUT2D eigenvalue weighted by Crippen LogP contribution is 2.36. The van der Waals surface area contributed by atoms with E-state index in [1.807, 2.05) is 24.3 Å². The molecule has 1 amide bonds. The van der Waals surface area contributed by atoms with Crippen molar-refractivity contribution in [2.24, 2.45) is 5.92 Å². The molecule has 0 saturated carbocycles. The molecule has 6 nitrogen and oxygen atoms in total. The lowest BCUT2D eigenvalue weighted by Gasteiger charge is -2.30. The minimum absolute atomic E-state index is 0.0125. The highest BCUT2D eigenvalue weighted by Gasteiger charge is 2.27. The topological polar surface area (TPSA) is 71.0 Å². The number of aromatic nitrogens is 3. The zero-order valence-corrected chi connectivity index (χ0v) is 17.5. The smallest absolute Gasteiger partial charge is 0.229 e. The van der Waals surface area contributed by atoms with Crippen LogP contribution in [0.4, 0.5) is 11.1 Å². The number of nitrogens with one attached hydrogen (secondary N) is 1. The highest BCUT2D eigenvalue weighted by molar-refractivity contribution is 7.16. The Hall–Kier alpha value is -2.80. The van der Waals surface area contributed by atoms with Gasteiger partial charge in [-0.3, -0.25) is 4.79 Å². The summed E-state index contributed by atoms with van der Waals surface area (Å²) in [6.07, 6.45) is 5.08. The summed E-state index contributed by atoms with van der Waals surface area (Å²) < 4.78 is 0.